The zero-order chi connectivity index (χ0) is 31.1. The molecule has 224 valence electrons. The van der Waals surface area contributed by atoms with E-state index in [0.29, 0.717) is 11.4 Å². The number of nitrogens with zero attached hydrogens (tertiary/aromatic N) is 8. The lowest BCUT2D eigenvalue weighted by molar-refractivity contribution is 0.374. The molecule has 2 aromatic carbocycles. The molecule has 44 heavy (non-hydrogen) atoms. The Morgan fingerprint density at radius 2 is 1.20 bits per heavy atom. The highest BCUT2D eigenvalue weighted by Crippen LogP contribution is 2.22. The fourth-order valence-electron chi connectivity index (χ4n) is 4.02. The molecule has 0 unspecified atom stereocenters. The van der Waals surface area contributed by atoms with Crippen LogP contribution in [0.3, 0.4) is 0 Å². The first kappa shape index (κ1) is 30.4. The SMILES string of the molecule is O=c1onc(Cc2c(F)cccc2Cl)n1Cc1cncnc1.O=c1onc(Cc2c(F)cccc2Cl)n1Cc1ncccn1. The van der Waals surface area contributed by atoms with Crippen LogP contribution in [-0.4, -0.2) is 39.4 Å². The Balaban J connectivity index is 0.000000175. The minimum absolute atomic E-state index is 0.0318. The molecule has 4 aromatic heterocycles. The number of hydrogen-bond acceptors (Lipinski definition) is 10. The van der Waals surface area contributed by atoms with Gasteiger partial charge in [0, 0.05) is 64.4 Å². The zero-order valence-corrected chi connectivity index (χ0v) is 24.0. The van der Waals surface area contributed by atoms with Gasteiger partial charge in [-0.15, -0.1) is 0 Å². The fourth-order valence-corrected chi connectivity index (χ4v) is 4.48. The molecule has 0 saturated heterocycles. The minimum Gasteiger partial charge on any atom is -0.296 e. The van der Waals surface area contributed by atoms with Gasteiger partial charge in [-0.1, -0.05) is 45.6 Å². The number of aromatic nitrogens is 8. The maximum Gasteiger partial charge on any atom is 0.442 e. The molecule has 0 radical (unpaired) electrons. The van der Waals surface area contributed by atoms with Crippen LogP contribution in [0.1, 0.15) is 34.2 Å². The summed E-state index contributed by atoms with van der Waals surface area (Å²) in [6.45, 7) is 0.273. The van der Waals surface area contributed by atoms with Crippen molar-refractivity contribution in [3.63, 3.8) is 0 Å². The van der Waals surface area contributed by atoms with Crippen molar-refractivity contribution < 1.29 is 17.8 Å². The van der Waals surface area contributed by atoms with Crippen LogP contribution in [0.5, 0.6) is 0 Å². The number of rotatable bonds is 8. The Bertz CT molecular complexity index is 1800. The summed E-state index contributed by atoms with van der Waals surface area (Å²) < 4.78 is 39.6. The Morgan fingerprint density at radius 3 is 1.70 bits per heavy atom. The van der Waals surface area contributed by atoms with E-state index in [9.17, 15) is 18.4 Å². The summed E-state index contributed by atoms with van der Waals surface area (Å²) in [5, 5.41) is 7.91. The third-order valence-corrected chi connectivity index (χ3v) is 6.90. The molecule has 6 rings (SSSR count). The molecule has 0 aliphatic carbocycles. The maximum atomic E-state index is 13.9. The van der Waals surface area contributed by atoms with Crippen LogP contribution in [0.4, 0.5) is 8.78 Å². The molecule has 0 bridgehead atoms. The van der Waals surface area contributed by atoms with E-state index in [4.69, 9.17) is 23.2 Å². The molecule has 16 heteroatoms. The predicted molar refractivity (Wildman–Crippen MR) is 152 cm³/mol. The van der Waals surface area contributed by atoms with E-state index in [1.807, 2.05) is 0 Å². The average Bonchev–Trinajstić information content (AvgIpc) is 3.54. The highest BCUT2D eigenvalue weighted by atomic mass is 35.5. The normalized spacial score (nSPS) is 10.8. The van der Waals surface area contributed by atoms with Gasteiger partial charge in [0.25, 0.3) is 0 Å². The Hall–Kier alpha value is -5.08. The molecular weight excluding hydrogens is 621 g/mol. The van der Waals surface area contributed by atoms with Crippen LogP contribution in [-0.2, 0) is 25.9 Å². The van der Waals surface area contributed by atoms with Crippen LogP contribution in [0.15, 0.2) is 92.2 Å². The van der Waals surface area contributed by atoms with E-state index in [1.54, 1.807) is 43.0 Å². The van der Waals surface area contributed by atoms with Crippen LogP contribution >= 0.6 is 23.2 Å². The van der Waals surface area contributed by atoms with E-state index in [2.05, 4.69) is 39.3 Å². The van der Waals surface area contributed by atoms with Crippen molar-refractivity contribution >= 4 is 23.2 Å². The monoisotopic (exact) mass is 640 g/mol. The zero-order valence-electron chi connectivity index (χ0n) is 22.5. The topological polar surface area (TPSA) is 148 Å². The second-order valence-corrected chi connectivity index (χ2v) is 9.88. The average molecular weight is 641 g/mol. The standard InChI is InChI=1S/2C14H10ClFN4O2/c15-10-3-1-4-11(16)9(10)7-13-19-22-14(21)20(13)8-12-17-5-2-6-18-12;15-11-2-1-3-12(16)10(11)4-13-19-22-14(21)20(13)7-9-5-17-8-18-6-9/h1-6H,7-8H2;1-3,5-6,8H,4,7H2. The highest BCUT2D eigenvalue weighted by molar-refractivity contribution is 6.31. The van der Waals surface area contributed by atoms with Crippen LogP contribution in [0.25, 0.3) is 0 Å². The summed E-state index contributed by atoms with van der Waals surface area (Å²) in [6.07, 6.45) is 7.75. The fraction of sp³-hybridized carbons (Fsp3) is 0.143. The number of hydrogen-bond donors (Lipinski definition) is 0. The molecule has 0 atom stereocenters. The lowest BCUT2D eigenvalue weighted by Gasteiger charge is -2.06. The molecule has 0 aliphatic rings. The third-order valence-electron chi connectivity index (χ3n) is 6.19. The van der Waals surface area contributed by atoms with E-state index in [0.717, 1.165) is 0 Å². The maximum absolute atomic E-state index is 13.9. The van der Waals surface area contributed by atoms with E-state index in [-0.39, 0.29) is 58.8 Å². The summed E-state index contributed by atoms with van der Waals surface area (Å²) in [4.78, 5) is 39.4. The largest absolute Gasteiger partial charge is 0.442 e. The van der Waals surface area contributed by atoms with E-state index < -0.39 is 23.1 Å². The quantitative estimate of drug-likeness (QED) is 0.238. The third kappa shape index (κ3) is 7.27. The van der Waals surface area contributed by atoms with Gasteiger partial charge in [-0.25, -0.2) is 38.3 Å². The smallest absolute Gasteiger partial charge is 0.296 e. The molecule has 12 nitrogen and oxygen atoms in total. The van der Waals surface area contributed by atoms with Crippen molar-refractivity contribution in [2.45, 2.75) is 25.9 Å². The van der Waals surface area contributed by atoms with Gasteiger partial charge in [-0.05, 0) is 30.3 Å². The van der Waals surface area contributed by atoms with Crippen molar-refractivity contribution in [3.05, 3.63) is 151 Å². The Kier molecular flexibility index (Phi) is 9.62. The van der Waals surface area contributed by atoms with Gasteiger partial charge in [0.2, 0.25) is 0 Å². The van der Waals surface area contributed by atoms with Gasteiger partial charge in [0.05, 0.1) is 13.1 Å². The lowest BCUT2D eigenvalue weighted by Crippen LogP contribution is -2.19. The van der Waals surface area contributed by atoms with Crippen LogP contribution in [0, 0.1) is 11.6 Å². The van der Waals surface area contributed by atoms with Crippen molar-refractivity contribution in [3.8, 4) is 0 Å². The molecular formula is C28H20Cl2F2N8O4. The first-order chi connectivity index (χ1) is 21.3. The van der Waals surface area contributed by atoms with Crippen molar-refractivity contribution in [1.29, 1.82) is 0 Å². The second-order valence-electron chi connectivity index (χ2n) is 9.07. The summed E-state index contributed by atoms with van der Waals surface area (Å²) in [7, 11) is 0. The molecule has 0 fully saturated rings. The van der Waals surface area contributed by atoms with Crippen molar-refractivity contribution in [2.75, 3.05) is 0 Å². The number of benzene rings is 2. The van der Waals surface area contributed by atoms with E-state index >= 15 is 0 Å². The van der Waals surface area contributed by atoms with Gasteiger partial charge < -0.3 is 0 Å². The van der Waals surface area contributed by atoms with Crippen molar-refractivity contribution in [2.24, 2.45) is 0 Å². The molecule has 0 N–H and O–H groups in total. The first-order valence-corrected chi connectivity index (χ1v) is 13.5. The van der Waals surface area contributed by atoms with Gasteiger partial charge in [-0.2, -0.15) is 0 Å². The van der Waals surface area contributed by atoms with Gasteiger partial charge in [0.15, 0.2) is 11.6 Å². The predicted octanol–water partition coefficient (Wildman–Crippen LogP) is 4.12. The summed E-state index contributed by atoms with van der Waals surface area (Å²) in [6, 6.07) is 10.4. The lowest BCUT2D eigenvalue weighted by atomic mass is 10.1. The molecule has 0 saturated carbocycles. The Labute approximate surface area is 256 Å². The summed E-state index contributed by atoms with van der Waals surface area (Å²) >= 11 is 12.0. The van der Waals surface area contributed by atoms with Crippen LogP contribution < -0.4 is 11.5 Å². The molecule has 0 spiro atoms. The van der Waals surface area contributed by atoms with Gasteiger partial charge in [0.1, 0.15) is 23.8 Å². The van der Waals surface area contributed by atoms with Crippen LogP contribution in [0.2, 0.25) is 10.0 Å². The minimum atomic E-state index is -0.657. The Morgan fingerprint density at radius 1 is 0.705 bits per heavy atom. The van der Waals surface area contributed by atoms with Crippen molar-refractivity contribution in [1.82, 2.24) is 39.4 Å². The van der Waals surface area contributed by atoms with Gasteiger partial charge in [-0.3, -0.25) is 18.2 Å². The first-order valence-electron chi connectivity index (χ1n) is 12.8. The molecule has 4 heterocycles. The molecule has 0 aliphatic heterocycles. The second kappa shape index (κ2) is 13.9. The molecule has 6 aromatic rings. The summed E-state index contributed by atoms with van der Waals surface area (Å²) in [5.74, 6) is -1.26. The number of halogens is 4. The summed E-state index contributed by atoms with van der Waals surface area (Å²) in [5.41, 5.74) is 1.21. The highest BCUT2D eigenvalue weighted by Gasteiger charge is 2.18. The molecule has 0 amide bonds. The van der Waals surface area contributed by atoms with Gasteiger partial charge >= 0.3 is 11.5 Å². The van der Waals surface area contributed by atoms with E-state index in [1.165, 1.54) is 39.7 Å².